The van der Waals surface area contributed by atoms with Gasteiger partial charge < -0.3 is 14.8 Å². The first kappa shape index (κ1) is 18.9. The van der Waals surface area contributed by atoms with Gasteiger partial charge in [-0.05, 0) is 61.0 Å². The highest BCUT2D eigenvalue weighted by Gasteiger charge is 2.07. The van der Waals surface area contributed by atoms with Gasteiger partial charge in [-0.1, -0.05) is 12.1 Å². The summed E-state index contributed by atoms with van der Waals surface area (Å²) in [6, 6.07) is 20.2. The normalized spacial score (nSPS) is 10.2. The third-order valence-electron chi connectivity index (χ3n) is 3.78. The number of rotatable bonds is 7. The number of carbonyl (C=O) groups excluding carboxylic acids is 1. The zero-order chi connectivity index (χ0) is 19.9. The third kappa shape index (κ3) is 5.31. The highest BCUT2D eigenvalue weighted by atomic mass is 16.6. The molecule has 0 fully saturated rings. The molecule has 28 heavy (non-hydrogen) atoms. The van der Waals surface area contributed by atoms with E-state index in [1.807, 2.05) is 31.2 Å². The van der Waals surface area contributed by atoms with Gasteiger partial charge in [0.15, 0.2) is 6.61 Å². The van der Waals surface area contributed by atoms with E-state index in [0.29, 0.717) is 17.2 Å². The molecule has 0 aliphatic carbocycles. The quantitative estimate of drug-likeness (QED) is 0.475. The van der Waals surface area contributed by atoms with Crippen molar-refractivity contribution in [2.24, 2.45) is 0 Å². The van der Waals surface area contributed by atoms with Gasteiger partial charge in [0.2, 0.25) is 0 Å². The Morgan fingerprint density at radius 1 is 0.964 bits per heavy atom. The lowest BCUT2D eigenvalue weighted by Crippen LogP contribution is -2.20. The largest absolute Gasteiger partial charge is 0.484 e. The van der Waals surface area contributed by atoms with E-state index in [9.17, 15) is 14.9 Å². The molecule has 0 saturated carbocycles. The maximum Gasteiger partial charge on any atom is 0.269 e. The summed E-state index contributed by atoms with van der Waals surface area (Å²) in [5, 5.41) is 13.3. The molecular weight excluding hydrogens is 360 g/mol. The molecule has 0 saturated heterocycles. The molecule has 3 aromatic rings. The van der Waals surface area contributed by atoms with Gasteiger partial charge in [-0.15, -0.1) is 0 Å². The number of nitrogens with one attached hydrogen (secondary N) is 1. The number of non-ortho nitro benzene ring substituents is 1. The Balaban J connectivity index is 1.50. The zero-order valence-electron chi connectivity index (χ0n) is 15.1. The Morgan fingerprint density at radius 2 is 1.64 bits per heavy atom. The average Bonchev–Trinajstić information content (AvgIpc) is 2.68. The minimum absolute atomic E-state index is 0.0372. The first-order valence-corrected chi connectivity index (χ1v) is 8.51. The van der Waals surface area contributed by atoms with Gasteiger partial charge in [-0.2, -0.15) is 0 Å². The molecule has 0 heterocycles. The molecule has 1 amide bonds. The van der Waals surface area contributed by atoms with E-state index in [1.54, 1.807) is 24.3 Å². The summed E-state index contributed by atoms with van der Waals surface area (Å²) in [6.07, 6.45) is 0. The van der Waals surface area contributed by atoms with Crippen LogP contribution in [-0.2, 0) is 4.79 Å². The predicted molar refractivity (Wildman–Crippen MR) is 105 cm³/mol. The second-order valence-corrected chi connectivity index (χ2v) is 6.03. The number of nitro benzene ring substituents is 1. The molecule has 0 aliphatic heterocycles. The van der Waals surface area contributed by atoms with Crippen molar-refractivity contribution < 1.29 is 19.2 Å². The van der Waals surface area contributed by atoms with Crippen molar-refractivity contribution >= 4 is 17.3 Å². The van der Waals surface area contributed by atoms with Crippen LogP contribution >= 0.6 is 0 Å². The molecule has 3 rings (SSSR count). The highest BCUT2D eigenvalue weighted by Crippen LogP contribution is 2.23. The molecular formula is C21H18N2O5. The van der Waals surface area contributed by atoms with Crippen molar-refractivity contribution in [2.45, 2.75) is 6.92 Å². The molecule has 0 bridgehead atoms. The molecule has 0 unspecified atom stereocenters. The van der Waals surface area contributed by atoms with Crippen molar-refractivity contribution in [3.8, 4) is 17.2 Å². The van der Waals surface area contributed by atoms with Crippen LogP contribution in [0.2, 0.25) is 0 Å². The van der Waals surface area contributed by atoms with Crippen LogP contribution in [0, 0.1) is 17.0 Å². The van der Waals surface area contributed by atoms with Crippen LogP contribution in [0.3, 0.4) is 0 Å². The van der Waals surface area contributed by atoms with Crippen LogP contribution < -0.4 is 14.8 Å². The second kappa shape index (κ2) is 8.68. The summed E-state index contributed by atoms with van der Waals surface area (Å²) in [7, 11) is 0. The molecule has 0 aliphatic rings. The third-order valence-corrected chi connectivity index (χ3v) is 3.78. The number of hydrogen-bond donors (Lipinski definition) is 1. The first-order chi connectivity index (χ1) is 13.5. The zero-order valence-corrected chi connectivity index (χ0v) is 15.1. The average molecular weight is 378 g/mol. The number of ether oxygens (including phenoxy) is 2. The lowest BCUT2D eigenvalue weighted by atomic mass is 10.2. The molecule has 1 N–H and O–H groups in total. The lowest BCUT2D eigenvalue weighted by Gasteiger charge is -2.09. The van der Waals surface area contributed by atoms with Gasteiger partial charge in [0.1, 0.15) is 17.2 Å². The van der Waals surface area contributed by atoms with E-state index < -0.39 is 4.92 Å². The van der Waals surface area contributed by atoms with Crippen molar-refractivity contribution in [1.82, 2.24) is 0 Å². The fourth-order valence-electron chi connectivity index (χ4n) is 2.43. The van der Waals surface area contributed by atoms with Gasteiger partial charge in [0.25, 0.3) is 11.6 Å². The number of nitrogens with zero attached hydrogens (tertiary/aromatic N) is 1. The number of carbonyl (C=O) groups is 1. The topological polar surface area (TPSA) is 90.7 Å². The lowest BCUT2D eigenvalue weighted by molar-refractivity contribution is -0.384. The van der Waals surface area contributed by atoms with Crippen LogP contribution in [-0.4, -0.2) is 17.4 Å². The summed E-state index contributed by atoms with van der Waals surface area (Å²) in [4.78, 5) is 22.1. The van der Waals surface area contributed by atoms with Gasteiger partial charge in [0, 0.05) is 17.8 Å². The number of benzene rings is 3. The van der Waals surface area contributed by atoms with E-state index >= 15 is 0 Å². The Kier molecular flexibility index (Phi) is 5.86. The fourth-order valence-corrected chi connectivity index (χ4v) is 2.43. The maximum absolute atomic E-state index is 12.0. The van der Waals surface area contributed by atoms with Crippen LogP contribution in [0.1, 0.15) is 5.56 Å². The van der Waals surface area contributed by atoms with Gasteiger partial charge in [0.05, 0.1) is 4.92 Å². The Hall–Kier alpha value is -3.87. The van der Waals surface area contributed by atoms with Gasteiger partial charge in [-0.3, -0.25) is 14.9 Å². The summed E-state index contributed by atoms with van der Waals surface area (Å²) in [5.41, 5.74) is 1.67. The SMILES string of the molecule is Cc1cccc(Oc2ccc(NC(=O)COc3ccc([N+](=O)[O-])cc3)cc2)c1. The summed E-state index contributed by atoms with van der Waals surface area (Å²) >= 11 is 0. The summed E-state index contributed by atoms with van der Waals surface area (Å²) in [6.45, 7) is 1.78. The van der Waals surface area contributed by atoms with E-state index in [0.717, 1.165) is 11.3 Å². The Morgan fingerprint density at radius 3 is 2.29 bits per heavy atom. The summed E-state index contributed by atoms with van der Waals surface area (Å²) < 4.78 is 11.1. The van der Waals surface area contributed by atoms with Gasteiger partial charge in [-0.25, -0.2) is 0 Å². The smallest absolute Gasteiger partial charge is 0.269 e. The van der Waals surface area contributed by atoms with Crippen molar-refractivity contribution in [1.29, 1.82) is 0 Å². The molecule has 3 aromatic carbocycles. The number of anilines is 1. The van der Waals surface area contributed by atoms with Crippen molar-refractivity contribution in [2.75, 3.05) is 11.9 Å². The van der Waals surface area contributed by atoms with Crippen LogP contribution in [0.25, 0.3) is 0 Å². The molecule has 142 valence electrons. The summed E-state index contributed by atoms with van der Waals surface area (Å²) in [5.74, 6) is 1.44. The molecule has 0 radical (unpaired) electrons. The van der Waals surface area contributed by atoms with Crippen molar-refractivity contribution in [3.05, 3.63) is 88.5 Å². The van der Waals surface area contributed by atoms with Crippen molar-refractivity contribution in [3.63, 3.8) is 0 Å². The van der Waals surface area contributed by atoms with Crippen LogP contribution in [0.4, 0.5) is 11.4 Å². The van der Waals surface area contributed by atoms with E-state index in [1.165, 1.54) is 24.3 Å². The van der Waals surface area contributed by atoms with E-state index in [2.05, 4.69) is 5.32 Å². The standard InChI is InChI=1S/C21H18N2O5/c1-15-3-2-4-20(13-15)28-19-9-5-16(6-10-19)22-21(24)14-27-18-11-7-17(8-12-18)23(25)26/h2-13H,14H2,1H3,(H,22,24). The Bertz CT molecular complexity index is 969. The first-order valence-electron chi connectivity index (χ1n) is 8.51. The maximum atomic E-state index is 12.0. The van der Waals surface area contributed by atoms with Crippen LogP contribution in [0.15, 0.2) is 72.8 Å². The molecule has 0 spiro atoms. The number of aryl methyl sites for hydroxylation is 1. The Labute approximate surface area is 161 Å². The molecule has 7 nitrogen and oxygen atoms in total. The molecule has 0 atom stereocenters. The highest BCUT2D eigenvalue weighted by molar-refractivity contribution is 5.91. The monoisotopic (exact) mass is 378 g/mol. The van der Waals surface area contributed by atoms with E-state index in [4.69, 9.17) is 9.47 Å². The number of hydrogen-bond acceptors (Lipinski definition) is 5. The molecule has 7 heteroatoms. The number of nitro groups is 1. The van der Waals surface area contributed by atoms with Gasteiger partial charge >= 0.3 is 0 Å². The fraction of sp³-hybridized carbons (Fsp3) is 0.0952. The second-order valence-electron chi connectivity index (χ2n) is 6.03. The predicted octanol–water partition coefficient (Wildman–Crippen LogP) is 4.71. The minimum atomic E-state index is -0.497. The minimum Gasteiger partial charge on any atom is -0.484 e. The number of amides is 1. The van der Waals surface area contributed by atoms with E-state index in [-0.39, 0.29) is 18.2 Å². The van der Waals surface area contributed by atoms with Crippen LogP contribution in [0.5, 0.6) is 17.2 Å². The molecule has 0 aromatic heterocycles.